The number of aromatic nitrogens is 3. The van der Waals surface area contributed by atoms with E-state index in [-0.39, 0.29) is 12.3 Å². The minimum atomic E-state index is -0.457. The molecule has 0 fully saturated rings. The van der Waals surface area contributed by atoms with E-state index in [4.69, 9.17) is 4.42 Å². The Morgan fingerprint density at radius 3 is 2.96 bits per heavy atom. The molecular formula is C18H16N4O3S. The van der Waals surface area contributed by atoms with E-state index < -0.39 is 5.63 Å². The van der Waals surface area contributed by atoms with Crippen molar-refractivity contribution < 1.29 is 9.21 Å². The van der Waals surface area contributed by atoms with Gasteiger partial charge in [0.15, 0.2) is 0 Å². The number of nitrogens with one attached hydrogen (secondary N) is 1. The van der Waals surface area contributed by atoms with Crippen LogP contribution in [0.1, 0.15) is 21.8 Å². The van der Waals surface area contributed by atoms with Gasteiger partial charge in [-0.3, -0.25) is 4.79 Å². The minimum absolute atomic E-state index is 0.102. The van der Waals surface area contributed by atoms with Gasteiger partial charge in [0.2, 0.25) is 10.9 Å². The van der Waals surface area contributed by atoms with Crippen LogP contribution < -0.4 is 10.9 Å². The van der Waals surface area contributed by atoms with Crippen molar-refractivity contribution in [2.45, 2.75) is 26.8 Å². The molecule has 0 bridgehead atoms. The first-order valence-corrected chi connectivity index (χ1v) is 8.91. The topological polar surface area (TPSA) is 89.5 Å². The summed E-state index contributed by atoms with van der Waals surface area (Å²) in [6.45, 7) is 4.15. The van der Waals surface area contributed by atoms with Gasteiger partial charge in [-0.2, -0.15) is 5.10 Å². The first-order valence-electron chi connectivity index (χ1n) is 8.10. The number of aryl methyl sites for hydroxylation is 2. The number of amides is 1. The number of benzene rings is 1. The summed E-state index contributed by atoms with van der Waals surface area (Å²) in [4.78, 5) is 29.3. The molecule has 8 heteroatoms. The highest BCUT2D eigenvalue weighted by atomic mass is 32.1. The van der Waals surface area contributed by atoms with Gasteiger partial charge in [0.25, 0.3) is 0 Å². The molecule has 0 aliphatic carbocycles. The molecule has 0 aliphatic rings. The Balaban J connectivity index is 1.50. The van der Waals surface area contributed by atoms with Crippen LogP contribution in [-0.4, -0.2) is 20.5 Å². The zero-order chi connectivity index (χ0) is 18.3. The van der Waals surface area contributed by atoms with Crippen LogP contribution in [0.2, 0.25) is 0 Å². The lowest BCUT2D eigenvalue weighted by Crippen LogP contribution is -2.25. The van der Waals surface area contributed by atoms with Crippen LogP contribution in [0.15, 0.2) is 39.7 Å². The van der Waals surface area contributed by atoms with E-state index in [0.29, 0.717) is 17.7 Å². The molecule has 0 saturated heterocycles. The zero-order valence-electron chi connectivity index (χ0n) is 14.3. The average Bonchev–Trinajstić information content (AvgIpc) is 3.09. The van der Waals surface area contributed by atoms with Crippen LogP contribution in [0.4, 0.5) is 0 Å². The van der Waals surface area contributed by atoms with E-state index in [1.54, 1.807) is 16.8 Å². The predicted octanol–water partition coefficient (Wildman–Crippen LogP) is 2.37. The summed E-state index contributed by atoms with van der Waals surface area (Å²) >= 11 is 1.50. The number of carbonyl (C=O) groups is 1. The Hall–Kier alpha value is -3.00. The summed E-state index contributed by atoms with van der Waals surface area (Å²) in [5.74, 6) is -0.182. The standard InChI is InChI=1S/C18H16N4O3S/c1-10-3-4-14-12(7-17(24)25-15(14)5-10)6-16(23)19-8-13-9-22-18(20-13)26-11(2)21-22/h3-5,7,9H,6,8H2,1-2H3,(H,19,23). The summed E-state index contributed by atoms with van der Waals surface area (Å²) < 4.78 is 6.93. The lowest BCUT2D eigenvalue weighted by Gasteiger charge is -2.06. The van der Waals surface area contributed by atoms with Crippen LogP contribution in [0.5, 0.6) is 0 Å². The van der Waals surface area contributed by atoms with E-state index >= 15 is 0 Å². The van der Waals surface area contributed by atoms with Crippen molar-refractivity contribution in [2.24, 2.45) is 0 Å². The molecule has 0 unspecified atom stereocenters. The molecule has 7 nitrogen and oxygen atoms in total. The molecular weight excluding hydrogens is 352 g/mol. The van der Waals surface area contributed by atoms with E-state index in [1.807, 2.05) is 26.0 Å². The molecule has 4 aromatic rings. The first-order chi connectivity index (χ1) is 12.5. The number of hydrogen-bond donors (Lipinski definition) is 1. The van der Waals surface area contributed by atoms with Gasteiger partial charge in [-0.05, 0) is 31.0 Å². The molecule has 0 radical (unpaired) electrons. The largest absolute Gasteiger partial charge is 0.423 e. The first kappa shape index (κ1) is 16.5. The molecule has 26 heavy (non-hydrogen) atoms. The van der Waals surface area contributed by atoms with Crippen LogP contribution in [0.25, 0.3) is 15.9 Å². The smallest absolute Gasteiger partial charge is 0.336 e. The van der Waals surface area contributed by atoms with Crippen molar-refractivity contribution in [2.75, 3.05) is 0 Å². The fourth-order valence-corrected chi connectivity index (χ4v) is 3.58. The third-order valence-corrected chi connectivity index (χ3v) is 4.84. The summed E-state index contributed by atoms with van der Waals surface area (Å²) in [5.41, 5.74) is 2.42. The number of rotatable bonds is 4. The Labute approximate surface area is 152 Å². The summed E-state index contributed by atoms with van der Waals surface area (Å²) in [6, 6.07) is 6.96. The lowest BCUT2D eigenvalue weighted by atomic mass is 10.1. The van der Waals surface area contributed by atoms with E-state index in [2.05, 4.69) is 15.4 Å². The number of nitrogens with zero attached hydrogens (tertiary/aromatic N) is 3. The summed E-state index contributed by atoms with van der Waals surface area (Å²) in [6.07, 6.45) is 1.90. The lowest BCUT2D eigenvalue weighted by molar-refractivity contribution is -0.120. The summed E-state index contributed by atoms with van der Waals surface area (Å²) in [7, 11) is 0. The molecule has 0 spiro atoms. The maximum absolute atomic E-state index is 12.3. The molecule has 1 N–H and O–H groups in total. The number of fused-ring (bicyclic) bond motifs is 2. The van der Waals surface area contributed by atoms with Crippen LogP contribution in [0.3, 0.4) is 0 Å². The van der Waals surface area contributed by atoms with E-state index in [9.17, 15) is 9.59 Å². The second-order valence-corrected chi connectivity index (χ2v) is 7.28. The van der Waals surface area contributed by atoms with Crippen molar-refractivity contribution >= 4 is 33.2 Å². The molecule has 0 atom stereocenters. The Morgan fingerprint density at radius 1 is 1.31 bits per heavy atom. The van der Waals surface area contributed by atoms with Gasteiger partial charge in [0.05, 0.1) is 24.9 Å². The molecule has 4 rings (SSSR count). The third kappa shape index (κ3) is 3.23. The van der Waals surface area contributed by atoms with Crippen molar-refractivity contribution in [3.8, 4) is 0 Å². The van der Waals surface area contributed by atoms with Crippen molar-refractivity contribution in [1.29, 1.82) is 0 Å². The van der Waals surface area contributed by atoms with Crippen LogP contribution >= 0.6 is 11.3 Å². The molecule has 0 saturated carbocycles. The van der Waals surface area contributed by atoms with Gasteiger partial charge in [0.1, 0.15) is 10.6 Å². The quantitative estimate of drug-likeness (QED) is 0.559. The highest BCUT2D eigenvalue weighted by molar-refractivity contribution is 7.16. The van der Waals surface area contributed by atoms with Crippen molar-refractivity contribution in [1.82, 2.24) is 19.9 Å². The van der Waals surface area contributed by atoms with E-state index in [1.165, 1.54) is 17.4 Å². The Morgan fingerprint density at radius 2 is 2.15 bits per heavy atom. The Bertz CT molecular complexity index is 1160. The highest BCUT2D eigenvalue weighted by Gasteiger charge is 2.12. The summed E-state index contributed by atoms with van der Waals surface area (Å²) in [5, 5.41) is 8.84. The normalized spacial score (nSPS) is 11.3. The fraction of sp³-hybridized carbons (Fsp3) is 0.222. The van der Waals surface area contributed by atoms with Gasteiger partial charge in [-0.25, -0.2) is 14.3 Å². The van der Waals surface area contributed by atoms with Crippen LogP contribution in [-0.2, 0) is 17.8 Å². The second kappa shape index (κ2) is 6.38. The molecule has 3 aromatic heterocycles. The average molecular weight is 368 g/mol. The van der Waals surface area contributed by atoms with Gasteiger partial charge in [-0.1, -0.05) is 23.5 Å². The van der Waals surface area contributed by atoms with E-state index in [0.717, 1.165) is 26.6 Å². The second-order valence-electron chi connectivity index (χ2n) is 6.12. The predicted molar refractivity (Wildman–Crippen MR) is 98.4 cm³/mol. The highest BCUT2D eigenvalue weighted by Crippen LogP contribution is 2.19. The van der Waals surface area contributed by atoms with Crippen molar-refractivity contribution in [3.63, 3.8) is 0 Å². The van der Waals surface area contributed by atoms with Crippen molar-refractivity contribution in [3.05, 3.63) is 62.7 Å². The van der Waals surface area contributed by atoms with Gasteiger partial charge in [-0.15, -0.1) is 0 Å². The number of carbonyl (C=O) groups excluding carboxylic acids is 1. The SMILES string of the molecule is Cc1ccc2c(CC(=O)NCc3cn4nc(C)sc4n3)cc(=O)oc2c1. The molecule has 0 aliphatic heterocycles. The molecule has 1 amide bonds. The monoisotopic (exact) mass is 368 g/mol. The number of imidazole rings is 1. The zero-order valence-corrected chi connectivity index (χ0v) is 15.1. The van der Waals surface area contributed by atoms with Crippen LogP contribution in [0, 0.1) is 13.8 Å². The maximum atomic E-state index is 12.3. The molecule has 1 aromatic carbocycles. The van der Waals surface area contributed by atoms with Gasteiger partial charge < -0.3 is 9.73 Å². The minimum Gasteiger partial charge on any atom is -0.423 e. The van der Waals surface area contributed by atoms with Gasteiger partial charge in [0, 0.05) is 11.5 Å². The Kier molecular flexibility index (Phi) is 4.04. The third-order valence-electron chi connectivity index (χ3n) is 4.00. The maximum Gasteiger partial charge on any atom is 0.336 e. The fourth-order valence-electron chi connectivity index (χ4n) is 2.84. The number of hydrogen-bond acceptors (Lipinski definition) is 6. The molecule has 3 heterocycles. The molecule has 132 valence electrons. The van der Waals surface area contributed by atoms with Gasteiger partial charge >= 0.3 is 5.63 Å².